The van der Waals surface area contributed by atoms with Crippen molar-refractivity contribution in [1.82, 2.24) is 14.9 Å². The summed E-state index contributed by atoms with van der Waals surface area (Å²) in [6, 6.07) is 25.0. The van der Waals surface area contributed by atoms with Gasteiger partial charge in [-0.2, -0.15) is 13.2 Å². The fourth-order valence-electron chi connectivity index (χ4n) is 7.90. The van der Waals surface area contributed by atoms with Crippen LogP contribution in [0.1, 0.15) is 54.4 Å². The van der Waals surface area contributed by atoms with Gasteiger partial charge < -0.3 is 25.4 Å². The van der Waals surface area contributed by atoms with Crippen LogP contribution < -0.4 is 20.7 Å². The van der Waals surface area contributed by atoms with E-state index in [0.29, 0.717) is 68.1 Å². The van der Waals surface area contributed by atoms with Crippen molar-refractivity contribution in [2.75, 3.05) is 69.9 Å². The number of anilines is 2. The number of alkyl halides is 3. The molecule has 19 heteroatoms. The van der Waals surface area contributed by atoms with Crippen molar-refractivity contribution in [2.24, 2.45) is 0 Å². The summed E-state index contributed by atoms with van der Waals surface area (Å²) in [6.45, 7) is 3.64. The second kappa shape index (κ2) is 23.0. The van der Waals surface area contributed by atoms with Crippen molar-refractivity contribution in [1.29, 1.82) is 0 Å². The van der Waals surface area contributed by atoms with Crippen LogP contribution in [-0.4, -0.2) is 111 Å². The van der Waals surface area contributed by atoms with Gasteiger partial charge in [0.05, 0.1) is 22.8 Å². The zero-order valence-corrected chi connectivity index (χ0v) is 39.4. The van der Waals surface area contributed by atoms with Crippen LogP contribution >= 0.6 is 23.4 Å². The van der Waals surface area contributed by atoms with Gasteiger partial charge in [0.1, 0.15) is 4.90 Å². The van der Waals surface area contributed by atoms with Gasteiger partial charge in [0.15, 0.2) is 0 Å². The number of carbonyl (C=O) groups is 1. The third-order valence-electron chi connectivity index (χ3n) is 11.4. The molecular weight excluding hydrogens is 923 g/mol. The number of benzene rings is 4. The zero-order chi connectivity index (χ0) is 46.6. The second-order valence-corrected chi connectivity index (χ2v) is 21.1. The molecule has 2 aliphatic rings. The van der Waals surface area contributed by atoms with E-state index in [1.54, 1.807) is 26.4 Å². The highest BCUT2D eigenvalue weighted by Gasteiger charge is 2.48. The Bertz CT molecular complexity index is 2450. The number of ether oxygens (including phenoxy) is 2. The Balaban J connectivity index is 1.11. The van der Waals surface area contributed by atoms with Crippen LogP contribution in [0.2, 0.25) is 5.02 Å². The lowest BCUT2D eigenvalue weighted by Crippen LogP contribution is -2.48. The van der Waals surface area contributed by atoms with E-state index in [0.717, 1.165) is 49.3 Å². The molecule has 0 spiro atoms. The van der Waals surface area contributed by atoms with Gasteiger partial charge in [-0.3, -0.25) is 9.69 Å². The number of nitrogens with zero attached hydrogens (tertiary/aromatic N) is 1. The van der Waals surface area contributed by atoms with Gasteiger partial charge in [0, 0.05) is 92.9 Å². The third-order valence-corrected chi connectivity index (χ3v) is 15.7. The smallest absolute Gasteiger partial charge is 0.384 e. The molecule has 0 unspecified atom stereocenters. The van der Waals surface area contributed by atoms with E-state index in [1.807, 2.05) is 47.2 Å². The Morgan fingerprint density at radius 2 is 1.55 bits per heavy atom. The van der Waals surface area contributed by atoms with Crippen LogP contribution in [0.5, 0.6) is 0 Å². The average molecular weight is 979 g/mol. The molecule has 4 aromatic rings. The number of halogens is 4. The molecule has 1 aliphatic heterocycles. The number of carbonyl (C=O) groups excluding carboxylic acids is 1. The topological polar surface area (TPSA) is 155 Å². The van der Waals surface area contributed by atoms with E-state index >= 15 is 0 Å². The molecule has 1 fully saturated rings. The molecule has 0 aromatic heterocycles. The summed E-state index contributed by atoms with van der Waals surface area (Å²) in [5.41, 5.74) is -1.65. The van der Waals surface area contributed by atoms with E-state index in [2.05, 4.69) is 33.0 Å². The fourth-order valence-corrected chi connectivity index (χ4v) is 11.0. The van der Waals surface area contributed by atoms with Crippen LogP contribution in [0.3, 0.4) is 0 Å². The Labute approximate surface area is 389 Å². The number of rotatable bonds is 21. The van der Waals surface area contributed by atoms with Gasteiger partial charge in [0.25, 0.3) is 25.8 Å². The number of sulfone groups is 1. The Morgan fingerprint density at radius 3 is 2.22 bits per heavy atom. The van der Waals surface area contributed by atoms with Gasteiger partial charge in [-0.15, -0.1) is 11.8 Å². The normalized spacial score (nSPS) is 18.0. The van der Waals surface area contributed by atoms with E-state index < -0.39 is 52.8 Å². The summed E-state index contributed by atoms with van der Waals surface area (Å²) in [5.74, 6) is -0.725. The maximum atomic E-state index is 14.2. The predicted octanol–water partition coefficient (Wildman–Crippen LogP) is 8.48. The summed E-state index contributed by atoms with van der Waals surface area (Å²) >= 11 is 7.52. The van der Waals surface area contributed by atoms with Crippen molar-refractivity contribution >= 4 is 66.1 Å². The monoisotopic (exact) mass is 977 g/mol. The third kappa shape index (κ3) is 13.9. The van der Waals surface area contributed by atoms with E-state index in [9.17, 15) is 34.8 Å². The molecule has 1 saturated heterocycles. The second-order valence-electron chi connectivity index (χ2n) is 16.0. The average Bonchev–Trinajstić information content (AvgIpc) is 3.30. The number of amides is 1. The first kappa shape index (κ1) is 50.3. The molecule has 1 amide bonds. The number of nitrogens with one attached hydrogen (secondary N) is 4. The number of hydrogen-bond acceptors (Lipinski definition) is 12. The van der Waals surface area contributed by atoms with Crippen molar-refractivity contribution < 1.29 is 44.3 Å². The number of allylic oxidation sites excluding steroid dienone is 1. The number of sulfonamides is 1. The standard InChI is InChI=1S/C46H55ClF3N5O7S3/c1-61-38-26-39(62-2)30-55(29-38)25-22-37(31-63-40-9-4-3-5-10-40)53-43-21-20-41(27-44(43)64(57,58)46(48,49)50)65(59,60)54-45(56)33-14-18-36(19-15-33)52-24-23-51-28-34-8-6-7-11-42(34)32-12-16-35(47)17-13-32/h3-5,9-10,12-21,27,37-39,51-53H,6-8,11,22-26,28-31H2,1-2H3,(H,54,56)/t37-,38-,39+/m1/s1. The fraction of sp³-hybridized carbons (Fsp3) is 0.413. The summed E-state index contributed by atoms with van der Waals surface area (Å²) in [5, 5.41) is 10.4. The lowest BCUT2D eigenvalue weighted by atomic mass is 9.87. The molecule has 6 rings (SSSR count). The molecule has 4 N–H and O–H groups in total. The maximum Gasteiger partial charge on any atom is 0.501 e. The quantitative estimate of drug-likeness (QED) is 0.0468. The Kier molecular flexibility index (Phi) is 17.8. The van der Waals surface area contributed by atoms with Crippen molar-refractivity contribution in [2.45, 2.75) is 77.0 Å². The molecule has 3 atom stereocenters. The largest absolute Gasteiger partial charge is 0.501 e. The van der Waals surface area contributed by atoms with E-state index in [4.69, 9.17) is 21.1 Å². The molecule has 4 aromatic carbocycles. The minimum Gasteiger partial charge on any atom is -0.384 e. The number of hydrogen-bond donors (Lipinski definition) is 4. The predicted molar refractivity (Wildman–Crippen MR) is 251 cm³/mol. The maximum absolute atomic E-state index is 14.2. The molecule has 1 heterocycles. The van der Waals surface area contributed by atoms with Gasteiger partial charge in [-0.05, 0) is 110 Å². The highest BCUT2D eigenvalue weighted by atomic mass is 35.5. The first-order valence-corrected chi connectivity index (χ1v) is 25.7. The Morgan fingerprint density at radius 1 is 0.877 bits per heavy atom. The summed E-state index contributed by atoms with van der Waals surface area (Å²) < 4.78 is 109. The van der Waals surface area contributed by atoms with Crippen LogP contribution in [0, 0.1) is 0 Å². The van der Waals surface area contributed by atoms with Gasteiger partial charge in [0.2, 0.25) is 0 Å². The number of methoxy groups -OCH3 is 2. The van der Waals surface area contributed by atoms with E-state index in [-0.39, 0.29) is 17.8 Å². The number of thioether (sulfide) groups is 1. The van der Waals surface area contributed by atoms with Crippen molar-refractivity contribution in [3.05, 3.63) is 119 Å². The number of piperidine rings is 1. The minimum atomic E-state index is -6.09. The summed E-state index contributed by atoms with van der Waals surface area (Å²) in [7, 11) is -7.71. The molecule has 0 saturated carbocycles. The highest BCUT2D eigenvalue weighted by molar-refractivity contribution is 7.99. The molecule has 0 radical (unpaired) electrons. The van der Waals surface area contributed by atoms with Crippen LogP contribution in [0.15, 0.2) is 117 Å². The molecular formula is C46H55ClF3N5O7S3. The molecule has 0 bridgehead atoms. The van der Waals surface area contributed by atoms with Crippen LogP contribution in [-0.2, 0) is 29.3 Å². The summed E-state index contributed by atoms with van der Waals surface area (Å²) in [6.07, 6.45) is 5.24. The van der Waals surface area contributed by atoms with Crippen LogP contribution in [0.4, 0.5) is 24.5 Å². The first-order valence-electron chi connectivity index (χ1n) is 21.3. The lowest BCUT2D eigenvalue weighted by molar-refractivity contribution is -0.0456. The van der Waals surface area contributed by atoms with Gasteiger partial charge in [-0.1, -0.05) is 47.5 Å². The van der Waals surface area contributed by atoms with Crippen LogP contribution in [0.25, 0.3) is 5.57 Å². The lowest BCUT2D eigenvalue weighted by Gasteiger charge is -2.37. The molecule has 12 nitrogen and oxygen atoms in total. The van der Waals surface area contributed by atoms with Crippen molar-refractivity contribution in [3.63, 3.8) is 0 Å². The zero-order valence-electron chi connectivity index (χ0n) is 36.2. The summed E-state index contributed by atoms with van der Waals surface area (Å²) in [4.78, 5) is 14.1. The van der Waals surface area contributed by atoms with Crippen molar-refractivity contribution in [3.8, 4) is 0 Å². The first-order chi connectivity index (χ1) is 31.1. The van der Waals surface area contributed by atoms with Gasteiger partial charge >= 0.3 is 5.51 Å². The van der Waals surface area contributed by atoms with E-state index in [1.165, 1.54) is 40.6 Å². The molecule has 1 aliphatic carbocycles. The molecule has 352 valence electrons. The SMILES string of the molecule is CO[C@@H]1C[C@H](OC)CN(CC[C@H](CSc2ccccc2)Nc2ccc(S(=O)(=O)NC(=O)c3ccc(NCCNCC4=C(c5ccc(Cl)cc5)CCCC4)cc3)cc2S(=O)(=O)C(F)(F)F)C1. The Hall–Kier alpha value is -4.14. The highest BCUT2D eigenvalue weighted by Crippen LogP contribution is 2.37. The minimum absolute atomic E-state index is 0.0428. The molecule has 65 heavy (non-hydrogen) atoms. The number of likely N-dealkylation sites (tertiary alicyclic amines) is 1. The van der Waals surface area contributed by atoms with Gasteiger partial charge in [-0.25, -0.2) is 21.6 Å².